The van der Waals surface area contributed by atoms with Crippen LogP contribution in [0.25, 0.3) is 10.1 Å². The van der Waals surface area contributed by atoms with Gasteiger partial charge in [-0.25, -0.2) is 8.42 Å². The zero-order valence-electron chi connectivity index (χ0n) is 16.6. The van der Waals surface area contributed by atoms with E-state index in [9.17, 15) is 13.2 Å². The Hall–Kier alpha value is -1.93. The number of sulfonamides is 1. The van der Waals surface area contributed by atoms with E-state index < -0.39 is 10.0 Å². The lowest BCUT2D eigenvalue weighted by molar-refractivity contribution is 0.103. The number of thiophene rings is 1. The quantitative estimate of drug-likeness (QED) is 0.524. The lowest BCUT2D eigenvalue weighted by Crippen LogP contribution is -2.43. The number of hydrogen-bond acceptors (Lipinski definition) is 4. The van der Waals surface area contributed by atoms with Crippen molar-refractivity contribution in [3.8, 4) is 0 Å². The molecule has 158 valence electrons. The van der Waals surface area contributed by atoms with Gasteiger partial charge in [0.15, 0.2) is 0 Å². The number of amides is 1. The SMILES string of the molecule is CCC1CCCCN1S(=O)(=O)c1ccc(NC(=O)c2sc3ccccc3c2Cl)cc1. The standard InChI is InChI=1S/C22H23ClN2O3S2/c1-2-16-7-5-6-14-25(16)30(27,28)17-12-10-15(11-13-17)24-22(26)21-20(23)18-8-3-4-9-19(18)29-21/h3-4,8-13,16H,2,5-7,14H2,1H3,(H,24,26). The lowest BCUT2D eigenvalue weighted by Gasteiger charge is -2.34. The minimum Gasteiger partial charge on any atom is -0.321 e. The smallest absolute Gasteiger partial charge is 0.267 e. The van der Waals surface area contributed by atoms with Crippen LogP contribution in [0, 0.1) is 0 Å². The van der Waals surface area contributed by atoms with Crippen molar-refractivity contribution < 1.29 is 13.2 Å². The second kappa shape index (κ2) is 8.67. The van der Waals surface area contributed by atoms with Crippen LogP contribution in [0.5, 0.6) is 0 Å². The lowest BCUT2D eigenvalue weighted by atomic mass is 10.0. The highest BCUT2D eigenvalue weighted by Crippen LogP contribution is 2.35. The molecule has 3 aromatic rings. The van der Waals surface area contributed by atoms with E-state index in [-0.39, 0.29) is 16.8 Å². The Morgan fingerprint density at radius 2 is 1.90 bits per heavy atom. The van der Waals surface area contributed by atoms with Crippen molar-refractivity contribution in [2.45, 2.75) is 43.5 Å². The van der Waals surface area contributed by atoms with Crippen molar-refractivity contribution in [2.75, 3.05) is 11.9 Å². The van der Waals surface area contributed by atoms with Crippen LogP contribution in [-0.4, -0.2) is 31.2 Å². The van der Waals surface area contributed by atoms with Gasteiger partial charge < -0.3 is 5.32 Å². The first-order valence-corrected chi connectivity index (χ1v) is 12.7. The number of hydrogen-bond donors (Lipinski definition) is 1. The number of benzene rings is 2. The van der Waals surface area contributed by atoms with Crippen LogP contribution in [0.4, 0.5) is 5.69 Å². The third kappa shape index (κ3) is 3.99. The molecule has 1 unspecified atom stereocenters. The normalized spacial score (nSPS) is 17.9. The van der Waals surface area contributed by atoms with Crippen LogP contribution >= 0.6 is 22.9 Å². The fourth-order valence-corrected chi connectivity index (χ4v) is 7.07. The first kappa shape index (κ1) is 21.3. The Bertz CT molecular complexity index is 1170. The summed E-state index contributed by atoms with van der Waals surface area (Å²) in [7, 11) is -3.54. The van der Waals surface area contributed by atoms with E-state index in [0.717, 1.165) is 35.8 Å². The molecular weight excluding hydrogens is 440 g/mol. The minimum absolute atomic E-state index is 0.0539. The van der Waals surface area contributed by atoms with Gasteiger partial charge in [-0.15, -0.1) is 11.3 Å². The molecule has 1 aromatic heterocycles. The summed E-state index contributed by atoms with van der Waals surface area (Å²) < 4.78 is 28.7. The number of carbonyl (C=O) groups is 1. The zero-order valence-corrected chi connectivity index (χ0v) is 19.0. The molecule has 1 amide bonds. The van der Waals surface area contributed by atoms with Crippen molar-refractivity contribution in [3.05, 3.63) is 58.4 Å². The molecule has 8 heteroatoms. The third-order valence-corrected chi connectivity index (χ3v) is 9.14. The molecule has 0 radical (unpaired) electrons. The fraction of sp³-hybridized carbons (Fsp3) is 0.318. The Labute approximate surface area is 185 Å². The van der Waals surface area contributed by atoms with Crippen LogP contribution < -0.4 is 5.32 Å². The number of anilines is 1. The number of rotatable bonds is 5. The molecule has 0 saturated carbocycles. The molecule has 1 atom stereocenters. The second-order valence-corrected chi connectivity index (χ2v) is 10.7. The van der Waals surface area contributed by atoms with Crippen molar-refractivity contribution in [1.29, 1.82) is 0 Å². The maximum atomic E-state index is 13.1. The molecule has 0 bridgehead atoms. The van der Waals surface area contributed by atoms with Gasteiger partial charge in [0.25, 0.3) is 5.91 Å². The number of nitrogens with one attached hydrogen (secondary N) is 1. The largest absolute Gasteiger partial charge is 0.321 e. The molecule has 1 N–H and O–H groups in total. The molecule has 2 aromatic carbocycles. The van der Waals surface area contributed by atoms with Gasteiger partial charge >= 0.3 is 0 Å². The third-order valence-electron chi connectivity index (χ3n) is 5.50. The molecule has 1 saturated heterocycles. The van der Waals surface area contributed by atoms with Gasteiger partial charge in [0, 0.05) is 28.4 Å². The first-order chi connectivity index (χ1) is 14.4. The van der Waals surface area contributed by atoms with E-state index in [4.69, 9.17) is 11.6 Å². The predicted octanol–water partition coefficient (Wildman–Crippen LogP) is 5.76. The number of piperidine rings is 1. The average Bonchev–Trinajstić information content (AvgIpc) is 3.11. The Balaban J connectivity index is 1.53. The van der Waals surface area contributed by atoms with Gasteiger partial charge in [0.05, 0.1) is 9.92 Å². The summed E-state index contributed by atoms with van der Waals surface area (Å²) in [6.45, 7) is 2.58. The topological polar surface area (TPSA) is 66.5 Å². The summed E-state index contributed by atoms with van der Waals surface area (Å²) in [4.78, 5) is 13.4. The van der Waals surface area contributed by atoms with Gasteiger partial charge in [0.1, 0.15) is 4.88 Å². The van der Waals surface area contributed by atoms with E-state index in [2.05, 4.69) is 5.32 Å². The molecule has 4 rings (SSSR count). The fourth-order valence-electron chi connectivity index (χ4n) is 3.89. The maximum Gasteiger partial charge on any atom is 0.267 e. The predicted molar refractivity (Wildman–Crippen MR) is 123 cm³/mol. The van der Waals surface area contributed by atoms with Crippen LogP contribution in [0.2, 0.25) is 5.02 Å². The number of fused-ring (bicyclic) bond motifs is 1. The van der Waals surface area contributed by atoms with Gasteiger partial charge in [-0.2, -0.15) is 4.31 Å². The van der Waals surface area contributed by atoms with Gasteiger partial charge in [-0.1, -0.05) is 43.1 Å². The number of nitrogens with zero attached hydrogens (tertiary/aromatic N) is 1. The van der Waals surface area contributed by atoms with Crippen LogP contribution in [0.3, 0.4) is 0 Å². The van der Waals surface area contributed by atoms with E-state index >= 15 is 0 Å². The zero-order chi connectivity index (χ0) is 21.3. The summed E-state index contributed by atoms with van der Waals surface area (Å²) in [5.74, 6) is -0.307. The van der Waals surface area contributed by atoms with Crippen LogP contribution in [-0.2, 0) is 10.0 Å². The molecule has 1 aliphatic heterocycles. The average molecular weight is 463 g/mol. The summed E-state index contributed by atoms with van der Waals surface area (Å²) in [6, 6.07) is 14.0. The summed E-state index contributed by atoms with van der Waals surface area (Å²) in [5, 5.41) is 4.10. The summed E-state index contributed by atoms with van der Waals surface area (Å²) >= 11 is 7.72. The maximum absolute atomic E-state index is 13.1. The van der Waals surface area contributed by atoms with Gasteiger partial charge in [-0.3, -0.25) is 4.79 Å². The highest BCUT2D eigenvalue weighted by molar-refractivity contribution is 7.89. The first-order valence-electron chi connectivity index (χ1n) is 10.0. The summed E-state index contributed by atoms with van der Waals surface area (Å²) in [6.07, 6.45) is 3.67. The van der Waals surface area contributed by atoms with E-state index in [1.54, 1.807) is 28.6 Å². The Kier molecular flexibility index (Phi) is 6.16. The molecule has 2 heterocycles. The second-order valence-electron chi connectivity index (χ2n) is 7.39. The molecule has 1 fully saturated rings. The highest BCUT2D eigenvalue weighted by atomic mass is 35.5. The molecular formula is C22H23ClN2O3S2. The number of halogens is 1. The molecule has 0 spiro atoms. The van der Waals surface area contributed by atoms with E-state index in [1.807, 2.05) is 31.2 Å². The summed E-state index contributed by atoms with van der Waals surface area (Å²) in [5.41, 5.74) is 0.526. The highest BCUT2D eigenvalue weighted by Gasteiger charge is 2.32. The minimum atomic E-state index is -3.54. The molecule has 0 aliphatic carbocycles. The molecule has 30 heavy (non-hydrogen) atoms. The van der Waals surface area contributed by atoms with E-state index in [0.29, 0.717) is 22.1 Å². The van der Waals surface area contributed by atoms with Crippen molar-refractivity contribution in [2.24, 2.45) is 0 Å². The number of carbonyl (C=O) groups excluding carboxylic acids is 1. The molecule has 5 nitrogen and oxygen atoms in total. The van der Waals surface area contributed by atoms with E-state index in [1.165, 1.54) is 11.3 Å². The van der Waals surface area contributed by atoms with Gasteiger partial charge in [0.2, 0.25) is 10.0 Å². The van der Waals surface area contributed by atoms with Crippen LogP contribution in [0.15, 0.2) is 53.4 Å². The van der Waals surface area contributed by atoms with Crippen molar-refractivity contribution in [3.63, 3.8) is 0 Å². The van der Waals surface area contributed by atoms with Crippen LogP contribution in [0.1, 0.15) is 42.3 Å². The monoisotopic (exact) mass is 462 g/mol. The Morgan fingerprint density at radius 1 is 1.17 bits per heavy atom. The van der Waals surface area contributed by atoms with Crippen molar-refractivity contribution >= 4 is 54.6 Å². The molecule has 1 aliphatic rings. The van der Waals surface area contributed by atoms with Gasteiger partial charge in [-0.05, 0) is 49.6 Å². The van der Waals surface area contributed by atoms with Crippen molar-refractivity contribution in [1.82, 2.24) is 4.31 Å². The Morgan fingerprint density at radius 3 is 2.60 bits per heavy atom.